The molecule has 1 rings (SSSR count). The molecule has 96 valence electrons. The molecule has 0 aliphatic heterocycles. The van der Waals surface area contributed by atoms with Gasteiger partial charge in [0.1, 0.15) is 6.07 Å². The molecule has 1 unspecified atom stereocenters. The maximum Gasteiger partial charge on any atom is 0.305 e. The molecule has 1 aromatic heterocycles. The molecule has 0 radical (unpaired) electrons. The minimum atomic E-state index is -0.217. The number of hydrogen-bond donors (Lipinski definition) is 1. The fourth-order valence-corrected chi connectivity index (χ4v) is 1.40. The lowest BCUT2D eigenvalue weighted by molar-refractivity contribution is -0.143. The SMILES string of the molecule is CCOC(=O)CCC(C)Nc1nccnc1C#N. The number of anilines is 1. The van der Waals surface area contributed by atoms with Crippen LogP contribution in [0.25, 0.3) is 0 Å². The Hall–Kier alpha value is -2.16. The molecule has 18 heavy (non-hydrogen) atoms. The second kappa shape index (κ2) is 7.22. The number of esters is 1. The number of nitrogens with zero attached hydrogens (tertiary/aromatic N) is 3. The van der Waals surface area contributed by atoms with Crippen LogP contribution in [0.1, 0.15) is 32.4 Å². The largest absolute Gasteiger partial charge is 0.466 e. The molecule has 1 atom stereocenters. The van der Waals surface area contributed by atoms with Crippen molar-refractivity contribution in [2.45, 2.75) is 32.7 Å². The summed E-state index contributed by atoms with van der Waals surface area (Å²) < 4.78 is 4.84. The van der Waals surface area contributed by atoms with E-state index in [0.717, 1.165) is 0 Å². The Kier molecular flexibility index (Phi) is 5.58. The first-order valence-corrected chi connectivity index (χ1v) is 5.80. The number of rotatable bonds is 6. The van der Waals surface area contributed by atoms with Crippen LogP contribution in [0.3, 0.4) is 0 Å². The zero-order valence-corrected chi connectivity index (χ0v) is 10.5. The van der Waals surface area contributed by atoms with E-state index in [0.29, 0.717) is 25.3 Å². The second-order valence-electron chi connectivity index (χ2n) is 3.75. The van der Waals surface area contributed by atoms with Crippen molar-refractivity contribution in [2.75, 3.05) is 11.9 Å². The van der Waals surface area contributed by atoms with Gasteiger partial charge in [0.2, 0.25) is 0 Å². The van der Waals surface area contributed by atoms with Crippen molar-refractivity contribution < 1.29 is 9.53 Å². The van der Waals surface area contributed by atoms with E-state index in [1.807, 2.05) is 13.0 Å². The Balaban J connectivity index is 2.47. The van der Waals surface area contributed by atoms with Gasteiger partial charge in [0.05, 0.1) is 6.61 Å². The predicted octanol–water partition coefficient (Wildman–Crippen LogP) is 1.49. The number of carbonyl (C=O) groups is 1. The van der Waals surface area contributed by atoms with Crippen LogP contribution >= 0.6 is 0 Å². The van der Waals surface area contributed by atoms with Crippen molar-refractivity contribution >= 4 is 11.8 Å². The highest BCUT2D eigenvalue weighted by molar-refractivity contribution is 5.69. The Labute approximate surface area is 106 Å². The second-order valence-corrected chi connectivity index (χ2v) is 3.75. The van der Waals surface area contributed by atoms with E-state index in [1.165, 1.54) is 12.4 Å². The fraction of sp³-hybridized carbons (Fsp3) is 0.500. The van der Waals surface area contributed by atoms with E-state index in [4.69, 9.17) is 10.00 Å². The summed E-state index contributed by atoms with van der Waals surface area (Å²) in [6.07, 6.45) is 3.93. The predicted molar refractivity (Wildman–Crippen MR) is 65.7 cm³/mol. The van der Waals surface area contributed by atoms with Crippen LogP contribution in [0.2, 0.25) is 0 Å². The lowest BCUT2D eigenvalue weighted by Crippen LogP contribution is -2.19. The molecule has 0 bridgehead atoms. The minimum Gasteiger partial charge on any atom is -0.466 e. The Morgan fingerprint density at radius 2 is 2.28 bits per heavy atom. The van der Waals surface area contributed by atoms with Crippen LogP contribution in [0, 0.1) is 11.3 Å². The zero-order valence-electron chi connectivity index (χ0n) is 10.5. The molecule has 1 N–H and O–H groups in total. The molecule has 0 aliphatic rings. The molecule has 0 fully saturated rings. The van der Waals surface area contributed by atoms with Crippen molar-refractivity contribution in [3.63, 3.8) is 0 Å². The number of ether oxygens (including phenoxy) is 1. The van der Waals surface area contributed by atoms with Crippen LogP contribution in [0.15, 0.2) is 12.4 Å². The summed E-state index contributed by atoms with van der Waals surface area (Å²) in [5.74, 6) is 0.224. The van der Waals surface area contributed by atoms with Crippen molar-refractivity contribution in [1.82, 2.24) is 9.97 Å². The topological polar surface area (TPSA) is 87.9 Å². The van der Waals surface area contributed by atoms with Gasteiger partial charge in [0.25, 0.3) is 0 Å². The Morgan fingerprint density at radius 3 is 2.94 bits per heavy atom. The number of carbonyl (C=O) groups excluding carboxylic acids is 1. The minimum absolute atomic E-state index is 0.0122. The highest BCUT2D eigenvalue weighted by Crippen LogP contribution is 2.10. The van der Waals surface area contributed by atoms with Gasteiger partial charge in [-0.15, -0.1) is 0 Å². The summed E-state index contributed by atoms with van der Waals surface area (Å²) in [6.45, 7) is 4.08. The maximum atomic E-state index is 11.2. The third-order valence-electron chi connectivity index (χ3n) is 2.27. The van der Waals surface area contributed by atoms with Gasteiger partial charge >= 0.3 is 5.97 Å². The number of aromatic nitrogens is 2. The molecule has 6 nitrogen and oxygen atoms in total. The van der Waals surface area contributed by atoms with E-state index in [9.17, 15) is 4.79 Å². The van der Waals surface area contributed by atoms with Gasteiger partial charge in [-0.05, 0) is 20.3 Å². The van der Waals surface area contributed by atoms with Crippen LogP contribution in [0.5, 0.6) is 0 Å². The quantitative estimate of drug-likeness (QED) is 0.767. The van der Waals surface area contributed by atoms with Gasteiger partial charge in [0, 0.05) is 24.9 Å². The molecule has 0 spiro atoms. The summed E-state index contributed by atoms with van der Waals surface area (Å²) in [7, 11) is 0. The first kappa shape index (κ1) is 13.9. The van der Waals surface area contributed by atoms with Gasteiger partial charge in [-0.2, -0.15) is 5.26 Å². The molecular formula is C12H16N4O2. The van der Waals surface area contributed by atoms with Crippen molar-refractivity contribution in [3.05, 3.63) is 18.1 Å². The lowest BCUT2D eigenvalue weighted by Gasteiger charge is -2.14. The Bertz CT molecular complexity index is 442. The highest BCUT2D eigenvalue weighted by Gasteiger charge is 2.10. The maximum absolute atomic E-state index is 11.2. The van der Waals surface area contributed by atoms with Gasteiger partial charge < -0.3 is 10.1 Å². The van der Waals surface area contributed by atoms with E-state index < -0.39 is 0 Å². The van der Waals surface area contributed by atoms with E-state index in [2.05, 4.69) is 15.3 Å². The molecule has 1 aromatic rings. The van der Waals surface area contributed by atoms with Crippen LogP contribution in [-0.4, -0.2) is 28.6 Å². The molecular weight excluding hydrogens is 232 g/mol. The van der Waals surface area contributed by atoms with Gasteiger partial charge in [-0.3, -0.25) is 4.79 Å². The summed E-state index contributed by atoms with van der Waals surface area (Å²) in [5.41, 5.74) is 0.250. The van der Waals surface area contributed by atoms with Crippen molar-refractivity contribution in [2.24, 2.45) is 0 Å². The van der Waals surface area contributed by atoms with Crippen molar-refractivity contribution in [1.29, 1.82) is 5.26 Å². The summed E-state index contributed by atoms with van der Waals surface area (Å²) in [5, 5.41) is 11.9. The van der Waals surface area contributed by atoms with Gasteiger partial charge in [-0.25, -0.2) is 9.97 Å². The number of nitrogens with one attached hydrogen (secondary N) is 1. The number of hydrogen-bond acceptors (Lipinski definition) is 6. The highest BCUT2D eigenvalue weighted by atomic mass is 16.5. The number of nitriles is 1. The average molecular weight is 248 g/mol. The Morgan fingerprint density at radius 1 is 1.56 bits per heavy atom. The van der Waals surface area contributed by atoms with Crippen molar-refractivity contribution in [3.8, 4) is 6.07 Å². The summed E-state index contributed by atoms with van der Waals surface area (Å²) >= 11 is 0. The van der Waals surface area contributed by atoms with Gasteiger partial charge in [-0.1, -0.05) is 0 Å². The molecule has 0 aromatic carbocycles. The van der Waals surface area contributed by atoms with E-state index in [1.54, 1.807) is 6.92 Å². The van der Waals surface area contributed by atoms with Crippen LogP contribution in [0.4, 0.5) is 5.82 Å². The third kappa shape index (κ3) is 4.37. The molecule has 6 heteroatoms. The summed E-state index contributed by atoms with van der Waals surface area (Å²) in [4.78, 5) is 19.1. The van der Waals surface area contributed by atoms with Crippen LogP contribution in [-0.2, 0) is 9.53 Å². The molecule has 0 saturated heterocycles. The zero-order chi connectivity index (χ0) is 13.4. The third-order valence-corrected chi connectivity index (χ3v) is 2.27. The van der Waals surface area contributed by atoms with Gasteiger partial charge in [0.15, 0.2) is 11.5 Å². The molecule has 0 aliphatic carbocycles. The smallest absolute Gasteiger partial charge is 0.305 e. The molecule has 0 amide bonds. The molecule has 1 heterocycles. The lowest BCUT2D eigenvalue weighted by atomic mass is 10.2. The standard InChI is InChI=1S/C12H16N4O2/c1-3-18-11(17)5-4-9(2)16-12-10(8-13)14-6-7-15-12/h6-7,9H,3-5H2,1-2H3,(H,15,16). The molecule has 0 saturated carbocycles. The van der Waals surface area contributed by atoms with E-state index >= 15 is 0 Å². The summed E-state index contributed by atoms with van der Waals surface area (Å²) in [6, 6.07) is 1.97. The normalized spacial score (nSPS) is 11.4. The van der Waals surface area contributed by atoms with Crippen LogP contribution < -0.4 is 5.32 Å². The monoisotopic (exact) mass is 248 g/mol. The van der Waals surface area contributed by atoms with E-state index in [-0.39, 0.29) is 17.7 Å². The first-order chi connectivity index (χ1) is 8.67. The fourth-order valence-electron chi connectivity index (χ4n) is 1.40. The average Bonchev–Trinajstić information content (AvgIpc) is 2.37. The first-order valence-electron chi connectivity index (χ1n) is 5.80.